The molecule has 14 aromatic carbocycles. The van der Waals surface area contributed by atoms with Crippen molar-refractivity contribution in [1.82, 2.24) is 22.8 Å². The summed E-state index contributed by atoms with van der Waals surface area (Å²) >= 11 is 0. The van der Waals surface area contributed by atoms with Crippen LogP contribution in [0.1, 0.15) is 22.3 Å². The Bertz CT molecular complexity index is 6610. The van der Waals surface area contributed by atoms with Gasteiger partial charge in [-0.1, -0.05) is 151 Å². The number of nitriles is 1. The summed E-state index contributed by atoms with van der Waals surface area (Å²) in [6, 6.07) is 106. The monoisotopic (exact) mass is 1220 g/mol. The van der Waals surface area contributed by atoms with E-state index in [1.807, 2.05) is 12.1 Å². The highest BCUT2D eigenvalue weighted by Crippen LogP contribution is 2.46. The summed E-state index contributed by atoms with van der Waals surface area (Å²) in [4.78, 5) is 0. The smallest absolute Gasteiger partial charge is 0.256 e. The van der Waals surface area contributed by atoms with Gasteiger partial charge in [0.25, 0.3) is 6.71 Å². The molecule has 0 atom stereocenters. The molecule has 0 radical (unpaired) electrons. The van der Waals surface area contributed by atoms with E-state index in [9.17, 15) is 5.26 Å². The molecular formula is C88H55BN6O. The van der Waals surface area contributed by atoms with E-state index in [4.69, 9.17) is 4.74 Å². The summed E-state index contributed by atoms with van der Waals surface area (Å²) in [5, 5.41) is 22.0. The van der Waals surface area contributed by atoms with Crippen molar-refractivity contribution in [1.29, 1.82) is 5.26 Å². The molecule has 446 valence electrons. The number of hydrogen-bond donors (Lipinski definition) is 0. The number of para-hydroxylation sites is 6. The van der Waals surface area contributed by atoms with E-state index >= 15 is 0 Å². The fourth-order valence-electron chi connectivity index (χ4n) is 17.4. The number of nitrogens with zero attached hydrogens (tertiary/aromatic N) is 6. The molecule has 7 heterocycles. The van der Waals surface area contributed by atoms with E-state index < -0.39 is 0 Å². The summed E-state index contributed by atoms with van der Waals surface area (Å²) in [5.41, 5.74) is 29.3. The fourth-order valence-corrected chi connectivity index (χ4v) is 17.4. The van der Waals surface area contributed by atoms with E-state index in [1.54, 1.807) is 0 Å². The zero-order valence-corrected chi connectivity index (χ0v) is 52.7. The first-order valence-electron chi connectivity index (χ1n) is 33.1. The van der Waals surface area contributed by atoms with Gasteiger partial charge in [-0.25, -0.2) is 0 Å². The second-order valence-corrected chi connectivity index (χ2v) is 26.5. The van der Waals surface area contributed by atoms with Crippen LogP contribution in [0.5, 0.6) is 11.5 Å². The van der Waals surface area contributed by atoms with Crippen molar-refractivity contribution in [2.24, 2.45) is 0 Å². The highest BCUT2D eigenvalue weighted by atomic mass is 16.5. The van der Waals surface area contributed by atoms with Gasteiger partial charge in [-0.15, -0.1) is 0 Å². The number of benzene rings is 14. The first kappa shape index (κ1) is 53.0. The molecule has 2 aliphatic heterocycles. The molecular weight excluding hydrogens is 1170 g/mol. The van der Waals surface area contributed by atoms with Crippen LogP contribution in [0.25, 0.3) is 160 Å². The average Bonchev–Trinajstić information content (AvgIpc) is 1.43. The average molecular weight is 1220 g/mol. The molecule has 0 bridgehead atoms. The van der Waals surface area contributed by atoms with Crippen molar-refractivity contribution in [3.8, 4) is 68.3 Å². The molecule has 0 aliphatic carbocycles. The van der Waals surface area contributed by atoms with Crippen molar-refractivity contribution in [2.75, 3.05) is 0 Å². The summed E-state index contributed by atoms with van der Waals surface area (Å²) in [7, 11) is 0. The standard InChI is InChI=1S/C88H55BN6O/c1-51-40-52(2)86(53(3)41-51)56-32-39-84-72(42-56)89-73-49-61(94-79-27-15-9-21-67(79)69-46-59(34-37-81(69)94)92-76-24-12-6-18-64(76)65-19-7-13-25-77(65)92)48-71-70-47-60(35-38-82(70)95(88(71)73)83-43-57(44-85(96-84)87(83)89)55-30-28-54(50-90)29-31-55)93-78-26-14-8-20-66(78)68-45-58(33-36-80(68)93)91-74-22-10-4-16-62(74)63-17-5-11-23-75(63)91/h4-49H,1-3H3. The van der Waals surface area contributed by atoms with Crippen LogP contribution in [-0.2, 0) is 0 Å². The van der Waals surface area contributed by atoms with Gasteiger partial charge >= 0.3 is 0 Å². The lowest BCUT2D eigenvalue weighted by Crippen LogP contribution is -2.58. The Morgan fingerprint density at radius 3 is 1.20 bits per heavy atom. The minimum atomic E-state index is -0.227. The number of aryl methyl sites for hydroxylation is 3. The number of rotatable bonds is 6. The molecule has 0 saturated heterocycles. The molecule has 7 nitrogen and oxygen atoms in total. The quantitative estimate of drug-likeness (QED) is 0.156. The van der Waals surface area contributed by atoms with Crippen molar-refractivity contribution < 1.29 is 4.74 Å². The summed E-state index contributed by atoms with van der Waals surface area (Å²) in [6.45, 7) is 6.44. The third-order valence-electron chi connectivity index (χ3n) is 21.2. The molecule has 21 rings (SSSR count). The van der Waals surface area contributed by atoms with Crippen LogP contribution in [0.4, 0.5) is 0 Å². The third-order valence-corrected chi connectivity index (χ3v) is 21.2. The van der Waals surface area contributed by atoms with Crippen molar-refractivity contribution >= 4 is 132 Å². The number of aromatic nitrogens is 5. The molecule has 0 saturated carbocycles. The summed E-state index contributed by atoms with van der Waals surface area (Å²) in [5.74, 6) is 1.66. The van der Waals surface area contributed by atoms with Gasteiger partial charge in [0, 0.05) is 87.8 Å². The largest absolute Gasteiger partial charge is 0.458 e. The lowest BCUT2D eigenvalue weighted by molar-refractivity contribution is 0.487. The maximum absolute atomic E-state index is 9.97. The molecule has 19 aromatic rings. The lowest BCUT2D eigenvalue weighted by atomic mass is 9.34. The van der Waals surface area contributed by atoms with Gasteiger partial charge in [0.2, 0.25) is 0 Å². The molecule has 0 unspecified atom stereocenters. The maximum atomic E-state index is 9.97. The molecule has 8 heteroatoms. The van der Waals surface area contributed by atoms with Gasteiger partial charge in [0.05, 0.1) is 61.3 Å². The predicted molar refractivity (Wildman–Crippen MR) is 399 cm³/mol. The maximum Gasteiger partial charge on any atom is 0.256 e. The molecule has 2 aliphatic rings. The van der Waals surface area contributed by atoms with Crippen LogP contribution in [0.2, 0.25) is 0 Å². The van der Waals surface area contributed by atoms with Crippen molar-refractivity contribution in [2.45, 2.75) is 20.8 Å². The Hall–Kier alpha value is -12.6. The van der Waals surface area contributed by atoms with Crippen LogP contribution >= 0.6 is 0 Å². The summed E-state index contributed by atoms with van der Waals surface area (Å²) in [6.07, 6.45) is 0. The van der Waals surface area contributed by atoms with Gasteiger partial charge in [0.15, 0.2) is 0 Å². The Morgan fingerprint density at radius 2 is 0.719 bits per heavy atom. The van der Waals surface area contributed by atoms with Gasteiger partial charge in [-0.2, -0.15) is 5.26 Å². The first-order chi connectivity index (χ1) is 47.3. The van der Waals surface area contributed by atoms with Crippen LogP contribution in [0, 0.1) is 32.1 Å². The minimum absolute atomic E-state index is 0.227. The van der Waals surface area contributed by atoms with E-state index in [1.165, 1.54) is 104 Å². The van der Waals surface area contributed by atoms with Gasteiger partial charge in [-0.05, 0) is 204 Å². The Morgan fingerprint density at radius 1 is 0.312 bits per heavy atom. The fraction of sp³-hybridized carbons (Fsp3) is 0.0341. The third kappa shape index (κ3) is 7.26. The highest BCUT2D eigenvalue weighted by Gasteiger charge is 2.42. The number of ether oxygens (including phenoxy) is 1. The molecule has 0 amide bonds. The topological polar surface area (TPSA) is 57.7 Å². The van der Waals surface area contributed by atoms with E-state index in [-0.39, 0.29) is 6.71 Å². The molecule has 96 heavy (non-hydrogen) atoms. The second kappa shape index (κ2) is 19.5. The Labute approximate surface area is 552 Å². The van der Waals surface area contributed by atoms with Crippen LogP contribution in [-0.4, -0.2) is 29.5 Å². The number of hydrogen-bond acceptors (Lipinski definition) is 2. The molecule has 5 aromatic heterocycles. The van der Waals surface area contributed by atoms with Crippen molar-refractivity contribution in [3.05, 3.63) is 301 Å². The normalized spacial score (nSPS) is 12.6. The number of fused-ring (bicyclic) bond motifs is 19. The SMILES string of the molecule is Cc1cc(C)c(-c2ccc3c(c2)B2c4c(cc(-c5ccc(C#N)cc5)cc4-n4c5ccc(-n6c7ccccc7c7cc(-n8c9ccccc9c9ccccc98)ccc76)cc5c5cc(-n6c7ccccc7c7cc(-n8c9ccccc9c9ccccc98)ccc76)cc2c54)O3)c(C)c1. The van der Waals surface area contributed by atoms with E-state index in [0.29, 0.717) is 5.56 Å². The molecule has 0 spiro atoms. The summed E-state index contributed by atoms with van der Waals surface area (Å²) < 4.78 is 19.7. The first-order valence-corrected chi connectivity index (χ1v) is 33.1. The molecule has 0 fully saturated rings. The van der Waals surface area contributed by atoms with Gasteiger partial charge in [0.1, 0.15) is 11.5 Å². The van der Waals surface area contributed by atoms with Crippen LogP contribution < -0.4 is 21.1 Å². The van der Waals surface area contributed by atoms with Gasteiger partial charge in [-0.3, -0.25) is 0 Å². The second-order valence-electron chi connectivity index (χ2n) is 26.5. The highest BCUT2D eigenvalue weighted by molar-refractivity contribution is 6.99. The minimum Gasteiger partial charge on any atom is -0.458 e. The van der Waals surface area contributed by atoms with E-state index in [2.05, 4.69) is 317 Å². The Kier molecular flexibility index (Phi) is 10.8. The predicted octanol–water partition coefficient (Wildman–Crippen LogP) is 20.2. The van der Waals surface area contributed by atoms with Crippen LogP contribution in [0.3, 0.4) is 0 Å². The van der Waals surface area contributed by atoms with Gasteiger partial charge < -0.3 is 27.6 Å². The van der Waals surface area contributed by atoms with Crippen molar-refractivity contribution in [3.63, 3.8) is 0 Å². The van der Waals surface area contributed by atoms with Crippen LogP contribution in [0.15, 0.2) is 279 Å². The zero-order chi connectivity index (χ0) is 63.3. The molecule has 0 N–H and O–H groups in total. The Balaban J connectivity index is 0.853. The lowest BCUT2D eigenvalue weighted by Gasteiger charge is -2.34. The zero-order valence-electron chi connectivity index (χ0n) is 52.7. The van der Waals surface area contributed by atoms with E-state index in [0.717, 1.165) is 100 Å².